The maximum Gasteiger partial charge on any atom is 0.234 e. The zero-order chi connectivity index (χ0) is 19.0. The fourth-order valence-corrected chi connectivity index (χ4v) is 5.96. The average Bonchev–Trinajstić information content (AvgIpc) is 3.30. The number of hydrogen-bond donors (Lipinski definition) is 1. The van der Waals surface area contributed by atoms with Crippen LogP contribution in [0.2, 0.25) is 0 Å². The third-order valence-electron chi connectivity index (χ3n) is 7.36. The van der Waals surface area contributed by atoms with Crippen LogP contribution in [0.5, 0.6) is 0 Å². The van der Waals surface area contributed by atoms with Crippen molar-refractivity contribution >= 4 is 11.7 Å². The van der Waals surface area contributed by atoms with Crippen molar-refractivity contribution in [3.8, 4) is 0 Å². The molecule has 1 amide bonds. The van der Waals surface area contributed by atoms with Gasteiger partial charge in [0, 0.05) is 37.7 Å². The second-order valence-electron chi connectivity index (χ2n) is 9.09. The topological polar surface area (TPSA) is 57.7 Å². The maximum atomic E-state index is 12.5. The number of nitrogens with zero attached hydrogens (tertiary/aromatic N) is 3. The van der Waals surface area contributed by atoms with Crippen molar-refractivity contribution in [1.29, 1.82) is 0 Å². The number of aromatic nitrogens is 1. The molecule has 152 valence electrons. The van der Waals surface area contributed by atoms with Gasteiger partial charge in [-0.3, -0.25) is 9.69 Å². The predicted molar refractivity (Wildman–Crippen MR) is 108 cm³/mol. The highest BCUT2D eigenvalue weighted by Crippen LogP contribution is 2.55. The SMILES string of the molecule is O=C(CN1CCCCCC1)NC[C@H]1[C@H]2CN(c3ccccn3)C[C@]23CC[C@H]1O3. The molecule has 5 heterocycles. The summed E-state index contributed by atoms with van der Waals surface area (Å²) in [7, 11) is 0. The lowest BCUT2D eigenvalue weighted by Crippen LogP contribution is -2.44. The number of ether oxygens (including phenoxy) is 1. The first-order valence-electron chi connectivity index (χ1n) is 11.1. The second kappa shape index (κ2) is 7.64. The van der Waals surface area contributed by atoms with Crippen molar-refractivity contribution in [1.82, 2.24) is 15.2 Å². The molecule has 1 aromatic heterocycles. The summed E-state index contributed by atoms with van der Waals surface area (Å²) in [5, 5.41) is 3.25. The van der Waals surface area contributed by atoms with Gasteiger partial charge in [0.15, 0.2) is 0 Å². The first kappa shape index (κ1) is 18.4. The summed E-state index contributed by atoms with van der Waals surface area (Å²) in [6, 6.07) is 6.10. The highest BCUT2D eigenvalue weighted by atomic mass is 16.5. The molecular formula is C22H32N4O2. The van der Waals surface area contributed by atoms with Crippen LogP contribution in [0.4, 0.5) is 5.82 Å². The summed E-state index contributed by atoms with van der Waals surface area (Å²) < 4.78 is 6.52. The Morgan fingerprint density at radius 3 is 2.89 bits per heavy atom. The highest BCUT2D eigenvalue weighted by molar-refractivity contribution is 5.78. The van der Waals surface area contributed by atoms with Crippen LogP contribution in [0.1, 0.15) is 38.5 Å². The molecule has 0 unspecified atom stereocenters. The Balaban J connectivity index is 1.19. The molecule has 6 nitrogen and oxygen atoms in total. The van der Waals surface area contributed by atoms with Gasteiger partial charge < -0.3 is 15.0 Å². The van der Waals surface area contributed by atoms with Gasteiger partial charge >= 0.3 is 0 Å². The van der Waals surface area contributed by atoms with Gasteiger partial charge in [-0.15, -0.1) is 0 Å². The quantitative estimate of drug-likeness (QED) is 0.842. The third kappa shape index (κ3) is 3.41. The molecule has 1 aromatic rings. The lowest BCUT2D eigenvalue weighted by molar-refractivity contribution is -0.122. The van der Waals surface area contributed by atoms with Gasteiger partial charge in [-0.2, -0.15) is 0 Å². The number of likely N-dealkylation sites (tertiary alicyclic amines) is 1. The van der Waals surface area contributed by atoms with E-state index in [4.69, 9.17) is 4.74 Å². The predicted octanol–water partition coefficient (Wildman–Crippen LogP) is 2.06. The van der Waals surface area contributed by atoms with Gasteiger partial charge in [-0.25, -0.2) is 4.98 Å². The van der Waals surface area contributed by atoms with Crippen LogP contribution in [0.3, 0.4) is 0 Å². The summed E-state index contributed by atoms with van der Waals surface area (Å²) >= 11 is 0. The number of rotatable bonds is 5. The van der Waals surface area contributed by atoms with Crippen LogP contribution in [0.15, 0.2) is 24.4 Å². The van der Waals surface area contributed by atoms with Gasteiger partial charge in [0.1, 0.15) is 5.82 Å². The Bertz CT molecular complexity index is 691. The molecule has 28 heavy (non-hydrogen) atoms. The van der Waals surface area contributed by atoms with Crippen LogP contribution in [-0.4, -0.2) is 66.8 Å². The van der Waals surface area contributed by atoms with E-state index in [9.17, 15) is 4.79 Å². The smallest absolute Gasteiger partial charge is 0.234 e. The lowest BCUT2D eigenvalue weighted by Gasteiger charge is -2.29. The molecule has 6 heteroatoms. The zero-order valence-corrected chi connectivity index (χ0v) is 16.7. The fraction of sp³-hybridized carbons (Fsp3) is 0.727. The van der Waals surface area contributed by atoms with E-state index in [0.717, 1.165) is 51.4 Å². The van der Waals surface area contributed by atoms with Crippen LogP contribution in [-0.2, 0) is 9.53 Å². The molecular weight excluding hydrogens is 352 g/mol. The number of nitrogens with one attached hydrogen (secondary N) is 1. The maximum absolute atomic E-state index is 12.5. The van der Waals surface area contributed by atoms with E-state index in [-0.39, 0.29) is 11.5 Å². The van der Waals surface area contributed by atoms with Gasteiger partial charge in [0.2, 0.25) is 5.91 Å². The Morgan fingerprint density at radius 2 is 2.11 bits per heavy atom. The van der Waals surface area contributed by atoms with Gasteiger partial charge in [-0.1, -0.05) is 18.9 Å². The molecule has 0 saturated carbocycles. The molecule has 2 bridgehead atoms. The molecule has 0 radical (unpaired) electrons. The van der Waals surface area contributed by atoms with E-state index >= 15 is 0 Å². The molecule has 0 aromatic carbocycles. The molecule has 5 rings (SSSR count). The van der Waals surface area contributed by atoms with Crippen LogP contribution in [0, 0.1) is 11.8 Å². The number of carbonyl (C=O) groups is 1. The van der Waals surface area contributed by atoms with Gasteiger partial charge in [0.25, 0.3) is 0 Å². The van der Waals surface area contributed by atoms with E-state index in [2.05, 4.69) is 26.2 Å². The summed E-state index contributed by atoms with van der Waals surface area (Å²) in [6.45, 7) is 5.35. The summed E-state index contributed by atoms with van der Waals surface area (Å²) in [5.74, 6) is 2.14. The van der Waals surface area contributed by atoms with Gasteiger partial charge in [0.05, 0.1) is 18.2 Å². The number of anilines is 1. The molecule has 4 aliphatic heterocycles. The first-order valence-corrected chi connectivity index (χ1v) is 11.1. The Labute approximate surface area is 167 Å². The molecule has 0 aliphatic carbocycles. The Kier molecular flexibility index (Phi) is 5.01. The van der Waals surface area contributed by atoms with Crippen molar-refractivity contribution < 1.29 is 9.53 Å². The monoisotopic (exact) mass is 384 g/mol. The Hall–Kier alpha value is -1.66. The average molecular weight is 385 g/mol. The molecule has 1 N–H and O–H groups in total. The molecule has 1 spiro atoms. The fourth-order valence-electron chi connectivity index (χ4n) is 5.96. The van der Waals surface area contributed by atoms with E-state index in [1.165, 1.54) is 25.7 Å². The minimum absolute atomic E-state index is 0.0254. The largest absolute Gasteiger partial charge is 0.369 e. The molecule has 4 atom stereocenters. The van der Waals surface area contributed by atoms with Crippen LogP contribution >= 0.6 is 0 Å². The van der Waals surface area contributed by atoms with Crippen molar-refractivity contribution in [2.75, 3.05) is 44.2 Å². The minimum atomic E-state index is -0.0254. The van der Waals surface area contributed by atoms with Gasteiger partial charge in [-0.05, 0) is 50.9 Å². The van der Waals surface area contributed by atoms with E-state index in [0.29, 0.717) is 24.5 Å². The lowest BCUT2D eigenvalue weighted by atomic mass is 9.73. The normalized spacial score (nSPS) is 35.0. The van der Waals surface area contributed by atoms with Crippen molar-refractivity contribution in [2.24, 2.45) is 11.8 Å². The third-order valence-corrected chi connectivity index (χ3v) is 7.36. The van der Waals surface area contributed by atoms with Crippen LogP contribution < -0.4 is 10.2 Å². The summed E-state index contributed by atoms with van der Waals surface area (Å²) in [6.07, 6.45) is 9.49. The van der Waals surface area contributed by atoms with Crippen molar-refractivity contribution in [2.45, 2.75) is 50.2 Å². The highest BCUT2D eigenvalue weighted by Gasteiger charge is 2.63. The van der Waals surface area contributed by atoms with Crippen molar-refractivity contribution in [3.05, 3.63) is 24.4 Å². The van der Waals surface area contributed by atoms with Crippen LogP contribution in [0.25, 0.3) is 0 Å². The van der Waals surface area contributed by atoms with E-state index in [1.807, 2.05) is 18.3 Å². The number of carbonyl (C=O) groups excluding carboxylic acids is 1. The summed E-state index contributed by atoms with van der Waals surface area (Å²) in [4.78, 5) is 21.8. The van der Waals surface area contributed by atoms with Crippen molar-refractivity contribution in [3.63, 3.8) is 0 Å². The minimum Gasteiger partial charge on any atom is -0.369 e. The number of pyridine rings is 1. The zero-order valence-electron chi connectivity index (χ0n) is 16.7. The van der Waals surface area contributed by atoms with E-state index in [1.54, 1.807) is 0 Å². The number of hydrogen-bond acceptors (Lipinski definition) is 5. The first-order chi connectivity index (χ1) is 13.7. The molecule has 4 saturated heterocycles. The number of amides is 1. The molecule has 4 fully saturated rings. The number of fused-ring (bicyclic) bond motifs is 1. The summed E-state index contributed by atoms with van der Waals surface area (Å²) in [5.41, 5.74) is -0.0254. The standard InChI is InChI=1S/C22H32N4O2/c27-21(15-25-11-5-1-2-6-12-25)24-13-17-18-14-26(20-7-3-4-10-23-20)16-22(18)9-8-19(17)28-22/h3-4,7,10,17-19H,1-2,5-6,8-9,11-16H2,(H,24,27)/t17-,18+,19+,22+/m0/s1. The van der Waals surface area contributed by atoms with E-state index < -0.39 is 0 Å². The molecule has 4 aliphatic rings. The Morgan fingerprint density at radius 1 is 1.25 bits per heavy atom. The second-order valence-corrected chi connectivity index (χ2v) is 9.09.